The highest BCUT2D eigenvalue weighted by molar-refractivity contribution is 6.08. The molecule has 0 atom stereocenters. The lowest BCUT2D eigenvalue weighted by Gasteiger charge is -1.80. The summed E-state index contributed by atoms with van der Waals surface area (Å²) in [6.45, 7) is 0. The molecule has 56 heavy (non-hydrogen) atoms. The van der Waals surface area contributed by atoms with Crippen molar-refractivity contribution in [3.8, 4) is 0 Å². The fourth-order valence-electron chi connectivity index (χ4n) is 2.43. The Balaban J connectivity index is 0.000000320. The van der Waals surface area contributed by atoms with Crippen molar-refractivity contribution in [3.05, 3.63) is 97.2 Å². The van der Waals surface area contributed by atoms with Gasteiger partial charge in [0.05, 0.1) is 0 Å². The maximum absolute atomic E-state index is 9.92. The van der Waals surface area contributed by atoms with E-state index in [-0.39, 0.29) is 0 Å². The highest BCUT2D eigenvalue weighted by Crippen LogP contribution is 1.96. The van der Waals surface area contributed by atoms with Crippen molar-refractivity contribution >= 4 is 95.5 Å². The van der Waals surface area contributed by atoms with E-state index in [2.05, 4.69) is 37.9 Å². The van der Waals surface area contributed by atoms with Crippen LogP contribution in [-0.2, 0) is 115 Å². The molecule has 0 saturated carbocycles. The summed E-state index contributed by atoms with van der Waals surface area (Å²) >= 11 is 0. The fourth-order valence-corrected chi connectivity index (χ4v) is 2.43. The van der Waals surface area contributed by atoms with Gasteiger partial charge in [-0.1, -0.05) is 0 Å². The molecule has 0 amide bonds. The van der Waals surface area contributed by atoms with E-state index >= 15 is 0 Å². The van der Waals surface area contributed by atoms with Crippen LogP contribution in [0.1, 0.15) is 0 Å². The average Bonchev–Trinajstić information content (AvgIpc) is 4.00. The van der Waals surface area contributed by atoms with Gasteiger partial charge in [-0.25, -0.2) is 76.7 Å². The average molecular weight is 784 g/mol. The zero-order valence-electron chi connectivity index (χ0n) is 27.0. The Kier molecular flexibility index (Phi) is 18.9. The Morgan fingerprint density at radius 3 is 0.214 bits per heavy atom. The maximum atomic E-state index is 9.92. The van der Waals surface area contributed by atoms with Crippen LogP contribution in [0.3, 0.4) is 0 Å². The topological polar surface area (TPSA) is 347 Å². The number of hydrogen-bond donors (Lipinski definition) is 0. The molecule has 24 heteroatoms. The van der Waals surface area contributed by atoms with Gasteiger partial charge in [-0.15, -0.1) is 0 Å². The minimum absolute atomic E-state index is 0.579. The minimum Gasteiger partial charge on any atom is -0.387 e. The highest BCUT2D eigenvalue weighted by Gasteiger charge is 2.14. The van der Waals surface area contributed by atoms with E-state index in [4.69, 9.17) is 0 Å². The lowest BCUT2D eigenvalue weighted by molar-refractivity contribution is -0.151. The predicted octanol–water partition coefficient (Wildman–Crippen LogP) is -2.99. The van der Waals surface area contributed by atoms with Gasteiger partial charge in [0.2, 0.25) is 0 Å². The Morgan fingerprint density at radius 2 is 0.196 bits per heavy atom. The van der Waals surface area contributed by atoms with Crippen LogP contribution in [0.4, 0.5) is 0 Å². The van der Waals surface area contributed by atoms with E-state index in [1.807, 2.05) is 0 Å². The largest absolute Gasteiger partial charge is 0.387 e. The molecule has 24 nitrogen and oxygen atoms in total. The molecule has 0 fully saturated rings. The molecule has 8 aliphatic rings. The standard InChI is InChI=1S/8C4H2O3/c8*5-3-1-2-4(6)7-3/h8*1-2H. The summed E-state index contributed by atoms with van der Waals surface area (Å²) in [5.41, 5.74) is 0. The van der Waals surface area contributed by atoms with Crippen molar-refractivity contribution < 1.29 is 115 Å². The molecule has 0 aromatic rings. The van der Waals surface area contributed by atoms with Gasteiger partial charge >= 0.3 is 95.5 Å². The molecule has 0 radical (unpaired) electrons. The molecule has 0 aromatic carbocycles. The van der Waals surface area contributed by atoms with Gasteiger partial charge in [0.25, 0.3) is 0 Å². The summed E-state index contributed by atoms with van der Waals surface area (Å²) in [6, 6.07) is 0. The van der Waals surface area contributed by atoms with Gasteiger partial charge in [0, 0.05) is 97.2 Å². The number of carbonyl (C=O) groups is 16. The van der Waals surface area contributed by atoms with Crippen molar-refractivity contribution in [3.63, 3.8) is 0 Å². The van der Waals surface area contributed by atoms with E-state index in [1.165, 1.54) is 0 Å². The van der Waals surface area contributed by atoms with Crippen molar-refractivity contribution in [2.75, 3.05) is 0 Å². The second-order valence-corrected chi connectivity index (χ2v) is 8.59. The van der Waals surface area contributed by atoms with Crippen LogP contribution in [0.5, 0.6) is 0 Å². The molecule has 8 heterocycles. The van der Waals surface area contributed by atoms with Crippen molar-refractivity contribution in [1.82, 2.24) is 0 Å². The second-order valence-electron chi connectivity index (χ2n) is 8.59. The molecule has 0 aromatic heterocycles. The highest BCUT2D eigenvalue weighted by atomic mass is 16.6. The summed E-state index contributed by atoms with van der Waals surface area (Å²) in [6.07, 6.45) is 17.4. The number of esters is 16. The number of ether oxygens (including phenoxy) is 8. The second kappa shape index (κ2) is 23.5. The molecule has 0 saturated heterocycles. The first-order valence-corrected chi connectivity index (χ1v) is 13.8. The predicted molar refractivity (Wildman–Crippen MR) is 162 cm³/mol. The lowest BCUT2D eigenvalue weighted by Crippen LogP contribution is -1.96. The Bertz CT molecular complexity index is 1460. The van der Waals surface area contributed by atoms with E-state index in [1.54, 1.807) is 0 Å². The minimum atomic E-state index is -0.579. The van der Waals surface area contributed by atoms with E-state index in [0.29, 0.717) is 0 Å². The lowest BCUT2D eigenvalue weighted by atomic mass is 10.6. The molecule has 0 N–H and O–H groups in total. The van der Waals surface area contributed by atoms with Crippen molar-refractivity contribution in [2.24, 2.45) is 0 Å². The van der Waals surface area contributed by atoms with Crippen molar-refractivity contribution in [2.45, 2.75) is 0 Å². The quantitative estimate of drug-likeness (QED) is 0.134. The molecule has 288 valence electrons. The SMILES string of the molecule is O=C1C=CC(=O)O1.O=C1C=CC(=O)O1.O=C1C=CC(=O)O1.O=C1C=CC(=O)O1.O=C1C=CC(=O)O1.O=C1C=CC(=O)O1.O=C1C=CC(=O)O1.O=C1C=CC(=O)O1. The molecule has 0 bridgehead atoms. The van der Waals surface area contributed by atoms with Crippen LogP contribution in [0.15, 0.2) is 97.2 Å². The molecular weight excluding hydrogens is 768 g/mol. The Labute approximate surface area is 307 Å². The third kappa shape index (κ3) is 22.0. The third-order valence-corrected chi connectivity index (χ3v) is 4.45. The first-order valence-electron chi connectivity index (χ1n) is 13.8. The first kappa shape index (κ1) is 45.1. The van der Waals surface area contributed by atoms with Gasteiger partial charge in [-0.3, -0.25) is 0 Å². The van der Waals surface area contributed by atoms with Gasteiger partial charge in [0.1, 0.15) is 0 Å². The number of carbonyl (C=O) groups excluding carboxylic acids is 16. The molecule has 8 aliphatic heterocycles. The number of rotatable bonds is 0. The molecule has 0 unspecified atom stereocenters. The van der Waals surface area contributed by atoms with Crippen molar-refractivity contribution in [1.29, 1.82) is 0 Å². The van der Waals surface area contributed by atoms with Crippen LogP contribution in [-0.4, -0.2) is 95.5 Å². The smallest absolute Gasteiger partial charge is 0.338 e. The monoisotopic (exact) mass is 784 g/mol. The normalized spacial score (nSPS) is 17.7. The van der Waals surface area contributed by atoms with Crippen LogP contribution in [0, 0.1) is 0 Å². The van der Waals surface area contributed by atoms with E-state index < -0.39 is 95.5 Å². The zero-order valence-corrected chi connectivity index (χ0v) is 27.0. The van der Waals surface area contributed by atoms with Crippen LogP contribution in [0.2, 0.25) is 0 Å². The summed E-state index contributed by atoms with van der Waals surface area (Å²) in [5.74, 6) is -9.26. The molecular formula is C32H16O24. The number of hydrogen-bond acceptors (Lipinski definition) is 24. The van der Waals surface area contributed by atoms with Crippen LogP contribution < -0.4 is 0 Å². The first-order chi connectivity index (χ1) is 26.3. The Morgan fingerprint density at radius 1 is 0.143 bits per heavy atom. The summed E-state index contributed by atoms with van der Waals surface area (Å²) in [7, 11) is 0. The van der Waals surface area contributed by atoms with E-state index in [9.17, 15) is 76.7 Å². The van der Waals surface area contributed by atoms with Gasteiger partial charge in [0.15, 0.2) is 0 Å². The fraction of sp³-hybridized carbons (Fsp3) is 0. The molecule has 0 spiro atoms. The molecule has 8 rings (SSSR count). The Hall–Kier alpha value is -8.96. The maximum Gasteiger partial charge on any atom is 0.338 e. The van der Waals surface area contributed by atoms with E-state index in [0.717, 1.165) is 97.2 Å². The summed E-state index contributed by atoms with van der Waals surface area (Å²) in [4.78, 5) is 159. The zero-order chi connectivity index (χ0) is 42.2. The van der Waals surface area contributed by atoms with Gasteiger partial charge < -0.3 is 37.9 Å². The van der Waals surface area contributed by atoms with Crippen LogP contribution in [0.25, 0.3) is 0 Å². The van der Waals surface area contributed by atoms with Gasteiger partial charge in [-0.2, -0.15) is 0 Å². The molecule has 0 aliphatic carbocycles. The van der Waals surface area contributed by atoms with Crippen LogP contribution >= 0.6 is 0 Å². The van der Waals surface area contributed by atoms with Gasteiger partial charge in [-0.05, 0) is 0 Å². The summed E-state index contributed by atoms with van der Waals surface area (Å²) < 4.78 is 31.8. The number of cyclic esters (lactones) is 16. The summed E-state index contributed by atoms with van der Waals surface area (Å²) in [5, 5.41) is 0. The third-order valence-electron chi connectivity index (χ3n) is 4.45.